The Bertz CT molecular complexity index is 1010. The molecule has 0 N–H and O–H groups in total. The molecule has 0 radical (unpaired) electrons. The maximum absolute atomic E-state index is 17.1. The van der Waals surface area contributed by atoms with Gasteiger partial charge in [0.2, 0.25) is 0 Å². The van der Waals surface area contributed by atoms with Gasteiger partial charge in [0, 0.05) is 14.7 Å². The van der Waals surface area contributed by atoms with Gasteiger partial charge >= 0.3 is 6.18 Å². The zero-order chi connectivity index (χ0) is 23.9. The van der Waals surface area contributed by atoms with Crippen molar-refractivity contribution in [3.05, 3.63) is 89.5 Å². The molecule has 3 rings (SSSR count). The fourth-order valence-corrected chi connectivity index (χ4v) is 5.93. The molecule has 32 heavy (non-hydrogen) atoms. The van der Waals surface area contributed by atoms with E-state index in [-0.39, 0.29) is 15.7 Å². The standard InChI is InChI=1S/C27H30F4S/c1-25(2,3)19-10-14-22(15-11-19)32(31,23-16-12-20(13-17-23)26(4,5)6)24-9-7-8-21(18-24)27(28,29)30/h7-18H,1-6H3. The first-order valence-corrected chi connectivity index (χ1v) is 12.1. The number of hydrogen-bond acceptors (Lipinski definition) is 0. The molecule has 0 aliphatic rings. The number of alkyl halides is 3. The zero-order valence-corrected chi connectivity index (χ0v) is 20.2. The Balaban J connectivity index is 2.22. The van der Waals surface area contributed by atoms with Crippen LogP contribution in [0, 0.1) is 0 Å². The molecule has 3 aromatic carbocycles. The molecule has 0 aliphatic heterocycles. The molecule has 172 valence electrons. The smallest absolute Gasteiger partial charge is 0.175 e. The molecule has 0 saturated carbocycles. The Kier molecular flexibility index (Phi) is 6.29. The summed E-state index contributed by atoms with van der Waals surface area (Å²) in [5.74, 6) is 0. The molecule has 3 aromatic rings. The molecule has 0 nitrogen and oxygen atoms in total. The van der Waals surface area contributed by atoms with Crippen LogP contribution in [0.25, 0.3) is 0 Å². The molecule has 0 atom stereocenters. The van der Waals surface area contributed by atoms with Gasteiger partial charge < -0.3 is 0 Å². The molecule has 0 heterocycles. The molecule has 0 saturated heterocycles. The number of rotatable bonds is 3. The van der Waals surface area contributed by atoms with Crippen molar-refractivity contribution in [1.82, 2.24) is 0 Å². The van der Waals surface area contributed by atoms with Gasteiger partial charge in [-0.15, -0.1) is 0 Å². The van der Waals surface area contributed by atoms with Crippen LogP contribution in [0.15, 0.2) is 87.5 Å². The number of halogens is 4. The maximum atomic E-state index is 17.1. The SMILES string of the molecule is CC(C)(C)c1ccc(S(F)(c2ccc(C(C)(C)C)cc2)c2cccc(C(F)(F)F)c2)cc1. The van der Waals surface area contributed by atoms with Crippen molar-refractivity contribution >= 4 is 10.4 Å². The summed E-state index contributed by atoms with van der Waals surface area (Å²) in [5, 5.41) is 0. The summed E-state index contributed by atoms with van der Waals surface area (Å²) in [6, 6.07) is 19.0. The van der Waals surface area contributed by atoms with E-state index in [2.05, 4.69) is 41.5 Å². The first-order valence-electron chi connectivity index (χ1n) is 10.5. The number of hydrogen-bond donors (Lipinski definition) is 0. The van der Waals surface area contributed by atoms with Gasteiger partial charge in [0.25, 0.3) is 0 Å². The van der Waals surface area contributed by atoms with Gasteiger partial charge in [0.1, 0.15) is 0 Å². The highest BCUT2D eigenvalue weighted by molar-refractivity contribution is 8.29. The Hall–Kier alpha value is -2.27. The summed E-state index contributed by atoms with van der Waals surface area (Å²) in [6.45, 7) is 12.4. The van der Waals surface area contributed by atoms with E-state index in [1.807, 2.05) is 24.3 Å². The van der Waals surface area contributed by atoms with Gasteiger partial charge in [-0.25, -0.2) is 0 Å². The second-order valence-corrected chi connectivity index (χ2v) is 12.6. The first-order chi connectivity index (χ1) is 14.6. The predicted octanol–water partition coefficient (Wildman–Crippen LogP) is 9.47. The summed E-state index contributed by atoms with van der Waals surface area (Å²) < 4.78 is 57.4. The minimum atomic E-state index is -4.54. The summed E-state index contributed by atoms with van der Waals surface area (Å²) in [5.41, 5.74) is 1.00. The molecule has 0 fully saturated rings. The normalized spacial score (nSPS) is 13.8. The molecule has 0 spiro atoms. The van der Waals surface area contributed by atoms with E-state index < -0.39 is 22.2 Å². The summed E-state index contributed by atoms with van der Waals surface area (Å²) in [4.78, 5) is 0.806. The van der Waals surface area contributed by atoms with E-state index >= 15 is 3.89 Å². The van der Waals surface area contributed by atoms with Crippen molar-refractivity contribution in [2.75, 3.05) is 0 Å². The first kappa shape index (κ1) is 24.4. The fourth-order valence-electron chi connectivity index (χ4n) is 3.54. The molecular formula is C27H30F4S. The monoisotopic (exact) mass is 462 g/mol. The van der Waals surface area contributed by atoms with Gasteiger partial charge in [-0.05, 0) is 74.8 Å². The van der Waals surface area contributed by atoms with Crippen LogP contribution >= 0.6 is 10.4 Å². The largest absolute Gasteiger partial charge is 0.416 e. The van der Waals surface area contributed by atoms with Gasteiger partial charge in [-0.3, -0.25) is 0 Å². The lowest BCUT2D eigenvalue weighted by atomic mass is 9.87. The molecule has 0 bridgehead atoms. The van der Waals surface area contributed by atoms with Crippen molar-refractivity contribution in [2.45, 2.75) is 73.2 Å². The van der Waals surface area contributed by atoms with E-state index in [0.717, 1.165) is 23.3 Å². The molecule has 0 amide bonds. The van der Waals surface area contributed by atoms with E-state index in [4.69, 9.17) is 0 Å². The lowest BCUT2D eigenvalue weighted by Gasteiger charge is -2.33. The van der Waals surface area contributed by atoms with Crippen LogP contribution in [0.4, 0.5) is 17.1 Å². The van der Waals surface area contributed by atoms with Crippen molar-refractivity contribution in [3.63, 3.8) is 0 Å². The van der Waals surface area contributed by atoms with E-state index in [9.17, 15) is 13.2 Å². The average Bonchev–Trinajstić information content (AvgIpc) is 2.71. The van der Waals surface area contributed by atoms with E-state index in [1.54, 1.807) is 24.3 Å². The molecule has 5 heteroatoms. The van der Waals surface area contributed by atoms with Crippen LogP contribution in [-0.2, 0) is 17.0 Å². The molecule has 0 unspecified atom stereocenters. The van der Waals surface area contributed by atoms with Crippen LogP contribution in [0.2, 0.25) is 0 Å². The van der Waals surface area contributed by atoms with E-state index in [0.29, 0.717) is 9.79 Å². The molecule has 0 aliphatic carbocycles. The average molecular weight is 463 g/mol. The summed E-state index contributed by atoms with van der Waals surface area (Å²) >= 11 is 0. The lowest BCUT2D eigenvalue weighted by Crippen LogP contribution is -2.12. The highest BCUT2D eigenvalue weighted by atomic mass is 32.3. The van der Waals surface area contributed by atoms with Crippen molar-refractivity contribution in [3.8, 4) is 0 Å². The third kappa shape index (κ3) is 4.88. The third-order valence-electron chi connectivity index (χ3n) is 5.58. The Morgan fingerprint density at radius 1 is 0.531 bits per heavy atom. The van der Waals surface area contributed by atoms with Gasteiger partial charge in [-0.2, -0.15) is 17.1 Å². The Morgan fingerprint density at radius 3 is 1.28 bits per heavy atom. The quantitative estimate of drug-likeness (QED) is 0.340. The van der Waals surface area contributed by atoms with Gasteiger partial charge in [0.15, 0.2) is 0 Å². The topological polar surface area (TPSA) is 0 Å². The van der Waals surface area contributed by atoms with Crippen LogP contribution in [0.5, 0.6) is 0 Å². The minimum Gasteiger partial charge on any atom is -0.175 e. The molecule has 0 aromatic heterocycles. The minimum absolute atomic E-state index is 0.0411. The predicted molar refractivity (Wildman–Crippen MR) is 125 cm³/mol. The highest BCUT2D eigenvalue weighted by Gasteiger charge is 2.36. The van der Waals surface area contributed by atoms with Crippen LogP contribution < -0.4 is 0 Å². The van der Waals surface area contributed by atoms with Gasteiger partial charge in [-0.1, -0.05) is 71.9 Å². The maximum Gasteiger partial charge on any atom is 0.416 e. The van der Waals surface area contributed by atoms with Crippen LogP contribution in [0.3, 0.4) is 0 Å². The van der Waals surface area contributed by atoms with E-state index in [1.165, 1.54) is 12.1 Å². The summed E-state index contributed by atoms with van der Waals surface area (Å²) in [6.07, 6.45) is -4.54. The fraction of sp³-hybridized carbons (Fsp3) is 0.333. The Labute approximate surface area is 190 Å². The molecular weight excluding hydrogens is 432 g/mol. The number of benzene rings is 3. The zero-order valence-electron chi connectivity index (χ0n) is 19.3. The van der Waals surface area contributed by atoms with Crippen molar-refractivity contribution in [1.29, 1.82) is 0 Å². The lowest BCUT2D eigenvalue weighted by molar-refractivity contribution is -0.137. The van der Waals surface area contributed by atoms with Crippen LogP contribution in [0.1, 0.15) is 58.2 Å². The highest BCUT2D eigenvalue weighted by Crippen LogP contribution is 2.70. The second-order valence-electron chi connectivity index (χ2n) is 10.1. The van der Waals surface area contributed by atoms with Gasteiger partial charge in [0.05, 0.1) is 5.56 Å². The third-order valence-corrected chi connectivity index (χ3v) is 8.32. The van der Waals surface area contributed by atoms with Crippen molar-refractivity contribution < 1.29 is 17.1 Å². The summed E-state index contributed by atoms with van der Waals surface area (Å²) in [7, 11) is -3.38. The van der Waals surface area contributed by atoms with Crippen LogP contribution in [-0.4, -0.2) is 0 Å². The second kappa shape index (κ2) is 8.26. The van der Waals surface area contributed by atoms with Crippen molar-refractivity contribution in [2.24, 2.45) is 0 Å². The Morgan fingerprint density at radius 2 is 0.938 bits per heavy atom.